The summed E-state index contributed by atoms with van der Waals surface area (Å²) in [6.45, 7) is 4.58. The van der Waals surface area contributed by atoms with Crippen molar-refractivity contribution in [3.05, 3.63) is 126 Å². The number of hydrogen-bond acceptors (Lipinski definition) is 5. The van der Waals surface area contributed by atoms with Crippen molar-refractivity contribution >= 4 is 17.1 Å². The van der Waals surface area contributed by atoms with Gasteiger partial charge in [-0.1, -0.05) is 126 Å². The van der Waals surface area contributed by atoms with Crippen LogP contribution in [0.25, 0.3) is 22.3 Å². The zero-order valence-electron chi connectivity index (χ0n) is 28.5. The zero-order valence-corrected chi connectivity index (χ0v) is 28.5. The molecule has 5 aromatic carbocycles. The van der Waals surface area contributed by atoms with Gasteiger partial charge in [-0.25, -0.2) is 0 Å². The van der Waals surface area contributed by atoms with Crippen LogP contribution in [0, 0.1) is 0 Å². The van der Waals surface area contributed by atoms with Crippen molar-refractivity contribution in [1.82, 2.24) is 0 Å². The van der Waals surface area contributed by atoms with E-state index in [1.807, 2.05) is 48.5 Å². The molecule has 0 bridgehead atoms. The Morgan fingerprint density at radius 1 is 0.542 bits per heavy atom. The van der Waals surface area contributed by atoms with E-state index in [0.29, 0.717) is 22.9 Å². The summed E-state index contributed by atoms with van der Waals surface area (Å²) in [5.74, 6) is 1.24. The average molecular weight is 640 g/mol. The molecule has 1 aliphatic rings. The lowest BCUT2D eigenvalue weighted by Crippen LogP contribution is -2.33. The standard InChI is InChI=1S/C43H49N3O2/c1-3-5-7-14-30-43(31-15-8-6-4-2)39-19-13-12-18-37(39)38-28-29-40(41(42(38)43)32-16-10-9-11-17-32)46(47-35-24-20-33(44)21-25-35)48-36-26-22-34(45)23-27-36/h9-13,16-29H,3-8,14-15,30-31,44-45H2,1-2H3. The molecule has 0 amide bonds. The Labute approximate surface area is 286 Å². The Hall–Kier alpha value is -4.90. The lowest BCUT2D eigenvalue weighted by molar-refractivity contribution is 0.0732. The molecule has 248 valence electrons. The Bertz CT molecular complexity index is 1710. The first-order chi connectivity index (χ1) is 23.5. The fourth-order valence-corrected chi connectivity index (χ4v) is 7.35. The third-order valence-corrected chi connectivity index (χ3v) is 9.70. The predicted octanol–water partition coefficient (Wildman–Crippen LogP) is 11.5. The molecule has 1 aliphatic carbocycles. The molecular formula is C43H49N3O2. The van der Waals surface area contributed by atoms with Gasteiger partial charge in [0, 0.05) is 22.4 Å². The lowest BCUT2D eigenvalue weighted by Gasteiger charge is -2.36. The second-order valence-electron chi connectivity index (χ2n) is 13.1. The van der Waals surface area contributed by atoms with Crippen LogP contribution in [0.15, 0.2) is 115 Å². The highest BCUT2D eigenvalue weighted by Gasteiger charge is 2.45. The molecule has 0 saturated heterocycles. The maximum absolute atomic E-state index is 6.61. The van der Waals surface area contributed by atoms with Gasteiger partial charge in [-0.05, 0) is 100 Å². The fourth-order valence-electron chi connectivity index (χ4n) is 7.35. The molecule has 5 aromatic rings. The molecule has 0 spiro atoms. The largest absolute Gasteiger partial charge is 0.399 e. The van der Waals surface area contributed by atoms with E-state index in [-0.39, 0.29) is 5.41 Å². The molecule has 0 radical (unpaired) electrons. The predicted molar refractivity (Wildman–Crippen MR) is 201 cm³/mol. The number of fused-ring (bicyclic) bond motifs is 3. The van der Waals surface area contributed by atoms with E-state index in [1.165, 1.54) is 73.6 Å². The summed E-state index contributed by atoms with van der Waals surface area (Å²) in [6.07, 6.45) is 12.0. The van der Waals surface area contributed by atoms with Crippen LogP contribution in [-0.4, -0.2) is 0 Å². The van der Waals surface area contributed by atoms with Crippen LogP contribution in [0.3, 0.4) is 0 Å². The van der Waals surface area contributed by atoms with Gasteiger partial charge in [-0.15, -0.1) is 0 Å². The molecule has 5 heteroatoms. The van der Waals surface area contributed by atoms with Crippen molar-refractivity contribution in [3.8, 4) is 33.8 Å². The molecule has 0 aromatic heterocycles. The van der Waals surface area contributed by atoms with Gasteiger partial charge in [-0.2, -0.15) is 0 Å². The smallest absolute Gasteiger partial charge is 0.159 e. The molecule has 0 heterocycles. The van der Waals surface area contributed by atoms with Gasteiger partial charge in [0.15, 0.2) is 11.5 Å². The number of anilines is 3. The molecule has 0 unspecified atom stereocenters. The molecule has 4 N–H and O–H groups in total. The van der Waals surface area contributed by atoms with Crippen LogP contribution in [0.1, 0.15) is 89.2 Å². The van der Waals surface area contributed by atoms with Crippen molar-refractivity contribution < 1.29 is 9.68 Å². The summed E-state index contributed by atoms with van der Waals surface area (Å²) >= 11 is 0. The summed E-state index contributed by atoms with van der Waals surface area (Å²) in [4.78, 5) is 13.2. The van der Waals surface area contributed by atoms with E-state index in [9.17, 15) is 0 Å². The van der Waals surface area contributed by atoms with Gasteiger partial charge in [0.25, 0.3) is 0 Å². The lowest BCUT2D eigenvalue weighted by atomic mass is 9.68. The van der Waals surface area contributed by atoms with Gasteiger partial charge < -0.3 is 21.1 Å². The average Bonchev–Trinajstić information content (AvgIpc) is 3.40. The fraction of sp³-hybridized carbons (Fsp3) is 0.302. The molecule has 0 atom stereocenters. The minimum Gasteiger partial charge on any atom is -0.399 e. The number of hydrogen-bond donors (Lipinski definition) is 2. The van der Waals surface area contributed by atoms with Gasteiger partial charge in [0.05, 0.1) is 0 Å². The third-order valence-electron chi connectivity index (χ3n) is 9.70. The maximum Gasteiger partial charge on any atom is 0.159 e. The first-order valence-electron chi connectivity index (χ1n) is 17.7. The summed E-state index contributed by atoms with van der Waals surface area (Å²) in [6, 6.07) is 39.1. The molecule has 5 nitrogen and oxygen atoms in total. The molecule has 48 heavy (non-hydrogen) atoms. The van der Waals surface area contributed by atoms with Crippen LogP contribution in [-0.2, 0) is 5.41 Å². The van der Waals surface area contributed by atoms with Crippen LogP contribution >= 0.6 is 0 Å². The number of rotatable bonds is 16. The number of nitrogens with zero attached hydrogens (tertiary/aromatic N) is 1. The van der Waals surface area contributed by atoms with Gasteiger partial charge in [0.1, 0.15) is 5.69 Å². The van der Waals surface area contributed by atoms with E-state index in [0.717, 1.165) is 29.7 Å². The second-order valence-corrected chi connectivity index (χ2v) is 13.1. The van der Waals surface area contributed by atoms with Crippen LogP contribution < -0.4 is 26.4 Å². The quantitative estimate of drug-likeness (QED) is 0.0638. The van der Waals surface area contributed by atoms with E-state index in [2.05, 4.69) is 80.6 Å². The van der Waals surface area contributed by atoms with Crippen LogP contribution in [0.2, 0.25) is 0 Å². The highest BCUT2D eigenvalue weighted by molar-refractivity contribution is 5.94. The van der Waals surface area contributed by atoms with E-state index in [4.69, 9.17) is 21.1 Å². The Morgan fingerprint density at radius 3 is 1.65 bits per heavy atom. The molecule has 6 rings (SSSR count). The Balaban J connectivity index is 1.58. The van der Waals surface area contributed by atoms with Gasteiger partial charge in [0.2, 0.25) is 0 Å². The normalized spacial score (nSPS) is 12.7. The van der Waals surface area contributed by atoms with E-state index < -0.39 is 0 Å². The summed E-state index contributed by atoms with van der Waals surface area (Å²) in [5, 5.41) is 1.57. The zero-order chi connectivity index (χ0) is 33.3. The van der Waals surface area contributed by atoms with Crippen LogP contribution in [0.5, 0.6) is 11.5 Å². The number of nitrogens with two attached hydrogens (primary N) is 2. The highest BCUT2D eigenvalue weighted by Crippen LogP contribution is 2.58. The topological polar surface area (TPSA) is 73.7 Å². The third kappa shape index (κ3) is 7.01. The summed E-state index contributed by atoms with van der Waals surface area (Å²) in [5.41, 5.74) is 21.9. The minimum atomic E-state index is -0.136. The van der Waals surface area contributed by atoms with Crippen molar-refractivity contribution in [2.45, 2.75) is 83.5 Å². The molecule has 0 saturated carbocycles. The summed E-state index contributed by atoms with van der Waals surface area (Å²) < 4.78 is 0. The van der Waals surface area contributed by atoms with Crippen molar-refractivity contribution in [3.63, 3.8) is 0 Å². The number of nitrogen functional groups attached to an aromatic ring is 2. The van der Waals surface area contributed by atoms with E-state index >= 15 is 0 Å². The highest BCUT2D eigenvalue weighted by atomic mass is 16.9. The van der Waals surface area contributed by atoms with Crippen molar-refractivity contribution in [2.24, 2.45) is 0 Å². The van der Waals surface area contributed by atoms with Gasteiger partial charge in [-0.3, -0.25) is 0 Å². The number of unbranched alkanes of at least 4 members (excludes halogenated alkanes) is 6. The Morgan fingerprint density at radius 2 is 1.08 bits per heavy atom. The summed E-state index contributed by atoms with van der Waals surface area (Å²) in [7, 11) is 0. The SMILES string of the molecule is CCCCCCC1(CCCCCC)c2ccccc2-c2ccc(N(Oc3ccc(N)cc3)Oc3ccc(N)cc3)c(-c3ccccc3)c21. The van der Waals surface area contributed by atoms with E-state index in [1.54, 1.807) is 5.23 Å². The Kier molecular flexibility index (Phi) is 10.5. The monoisotopic (exact) mass is 639 g/mol. The maximum atomic E-state index is 6.61. The first kappa shape index (κ1) is 33.0. The van der Waals surface area contributed by atoms with Gasteiger partial charge >= 0.3 is 0 Å². The van der Waals surface area contributed by atoms with Crippen LogP contribution in [0.4, 0.5) is 17.1 Å². The second kappa shape index (κ2) is 15.3. The molecule has 0 aliphatic heterocycles. The number of benzene rings is 5. The van der Waals surface area contributed by atoms with Crippen molar-refractivity contribution in [2.75, 3.05) is 16.7 Å². The molecular weight excluding hydrogens is 590 g/mol. The minimum absolute atomic E-state index is 0.136. The molecule has 0 fully saturated rings. The first-order valence-corrected chi connectivity index (χ1v) is 17.7. The van der Waals surface area contributed by atoms with Crippen molar-refractivity contribution in [1.29, 1.82) is 0 Å².